The lowest BCUT2D eigenvalue weighted by molar-refractivity contribution is 0.0942. The third-order valence-electron chi connectivity index (χ3n) is 3.54. The Morgan fingerprint density at radius 1 is 1.52 bits per heavy atom. The van der Waals surface area contributed by atoms with Crippen molar-refractivity contribution in [1.82, 2.24) is 10.3 Å². The fraction of sp³-hybridized carbons (Fsp3) is 0.467. The number of thiophene rings is 1. The Bertz CT molecular complexity index is 637. The van der Waals surface area contributed by atoms with Gasteiger partial charge in [0, 0.05) is 37.5 Å². The highest BCUT2D eigenvalue weighted by Gasteiger charge is 2.21. The van der Waals surface area contributed by atoms with E-state index in [2.05, 4.69) is 10.3 Å². The SMILES string of the molecule is Nc1c(C(=O)NCCCOCC2CC2)sc2cnccc12. The van der Waals surface area contributed by atoms with E-state index in [1.165, 1.54) is 24.2 Å². The van der Waals surface area contributed by atoms with Gasteiger partial charge in [0.2, 0.25) is 0 Å². The molecule has 3 N–H and O–H groups in total. The summed E-state index contributed by atoms with van der Waals surface area (Å²) in [5.41, 5.74) is 6.57. The monoisotopic (exact) mass is 305 g/mol. The maximum Gasteiger partial charge on any atom is 0.263 e. The lowest BCUT2D eigenvalue weighted by Crippen LogP contribution is -2.25. The van der Waals surface area contributed by atoms with Gasteiger partial charge in [-0.2, -0.15) is 0 Å². The fourth-order valence-electron chi connectivity index (χ4n) is 2.13. The largest absolute Gasteiger partial charge is 0.397 e. The Balaban J connectivity index is 1.48. The van der Waals surface area contributed by atoms with Crippen LogP contribution in [0.1, 0.15) is 28.9 Å². The maximum absolute atomic E-state index is 12.1. The first kappa shape index (κ1) is 14.3. The minimum absolute atomic E-state index is 0.115. The van der Waals surface area contributed by atoms with Gasteiger partial charge in [0.1, 0.15) is 4.88 Å². The molecule has 0 aliphatic heterocycles. The van der Waals surface area contributed by atoms with Crippen LogP contribution < -0.4 is 11.1 Å². The van der Waals surface area contributed by atoms with Crippen molar-refractivity contribution < 1.29 is 9.53 Å². The first-order valence-corrected chi connectivity index (χ1v) is 8.05. The van der Waals surface area contributed by atoms with E-state index in [9.17, 15) is 4.79 Å². The smallest absolute Gasteiger partial charge is 0.263 e. The number of ether oxygens (including phenoxy) is 1. The average Bonchev–Trinajstić information content (AvgIpc) is 3.26. The molecule has 0 radical (unpaired) electrons. The van der Waals surface area contributed by atoms with Crippen molar-refractivity contribution in [3.8, 4) is 0 Å². The molecule has 0 saturated heterocycles. The van der Waals surface area contributed by atoms with Crippen molar-refractivity contribution >= 4 is 33.0 Å². The molecular formula is C15H19N3O2S. The molecule has 1 fully saturated rings. The van der Waals surface area contributed by atoms with E-state index in [0.717, 1.165) is 29.0 Å². The van der Waals surface area contributed by atoms with Crippen LogP contribution in [-0.2, 0) is 4.74 Å². The highest BCUT2D eigenvalue weighted by molar-refractivity contribution is 7.21. The molecule has 0 unspecified atom stereocenters. The molecule has 21 heavy (non-hydrogen) atoms. The lowest BCUT2D eigenvalue weighted by atomic mass is 10.2. The quantitative estimate of drug-likeness (QED) is 0.770. The summed E-state index contributed by atoms with van der Waals surface area (Å²) in [6, 6.07) is 1.84. The van der Waals surface area contributed by atoms with Gasteiger partial charge >= 0.3 is 0 Å². The predicted octanol–water partition coefficient (Wildman–Crippen LogP) is 2.42. The zero-order chi connectivity index (χ0) is 14.7. The van der Waals surface area contributed by atoms with Crippen molar-refractivity contribution in [2.45, 2.75) is 19.3 Å². The lowest BCUT2D eigenvalue weighted by Gasteiger charge is -2.05. The zero-order valence-corrected chi connectivity index (χ0v) is 12.6. The van der Waals surface area contributed by atoms with Crippen LogP contribution in [0.2, 0.25) is 0 Å². The highest BCUT2D eigenvalue weighted by Crippen LogP contribution is 2.32. The Morgan fingerprint density at radius 3 is 3.14 bits per heavy atom. The van der Waals surface area contributed by atoms with Gasteiger partial charge in [0.05, 0.1) is 10.4 Å². The molecule has 6 heteroatoms. The molecule has 1 saturated carbocycles. The van der Waals surface area contributed by atoms with E-state index in [4.69, 9.17) is 10.5 Å². The molecule has 112 valence electrons. The van der Waals surface area contributed by atoms with E-state index < -0.39 is 0 Å². The highest BCUT2D eigenvalue weighted by atomic mass is 32.1. The number of carbonyl (C=O) groups excluding carboxylic acids is 1. The second kappa shape index (κ2) is 6.41. The number of hydrogen-bond acceptors (Lipinski definition) is 5. The predicted molar refractivity (Wildman–Crippen MR) is 84.5 cm³/mol. The van der Waals surface area contributed by atoms with Gasteiger partial charge in [0.15, 0.2) is 0 Å². The number of fused-ring (bicyclic) bond motifs is 1. The van der Waals surface area contributed by atoms with Gasteiger partial charge < -0.3 is 15.8 Å². The van der Waals surface area contributed by atoms with Crippen molar-refractivity contribution in [3.63, 3.8) is 0 Å². The van der Waals surface area contributed by atoms with Crippen LogP contribution in [0.5, 0.6) is 0 Å². The van der Waals surface area contributed by atoms with E-state index in [1.807, 2.05) is 6.07 Å². The number of nitrogens with one attached hydrogen (secondary N) is 1. The number of aromatic nitrogens is 1. The molecule has 0 bridgehead atoms. The minimum Gasteiger partial charge on any atom is -0.397 e. The molecule has 0 atom stereocenters. The van der Waals surface area contributed by atoms with E-state index in [1.54, 1.807) is 12.4 Å². The summed E-state index contributed by atoms with van der Waals surface area (Å²) in [6.07, 6.45) is 6.85. The second-order valence-corrected chi connectivity index (χ2v) is 6.40. The average molecular weight is 305 g/mol. The number of carbonyl (C=O) groups is 1. The van der Waals surface area contributed by atoms with E-state index >= 15 is 0 Å². The van der Waals surface area contributed by atoms with Crippen molar-refractivity contribution in [1.29, 1.82) is 0 Å². The third kappa shape index (κ3) is 3.51. The van der Waals surface area contributed by atoms with Gasteiger partial charge in [-0.25, -0.2) is 0 Å². The van der Waals surface area contributed by atoms with Crippen LogP contribution in [0.15, 0.2) is 18.5 Å². The van der Waals surface area contributed by atoms with Crippen LogP contribution in [0.25, 0.3) is 10.1 Å². The maximum atomic E-state index is 12.1. The molecule has 2 aromatic rings. The van der Waals surface area contributed by atoms with Gasteiger partial charge in [-0.15, -0.1) is 11.3 Å². The van der Waals surface area contributed by atoms with Gasteiger partial charge in [-0.1, -0.05) is 0 Å². The van der Waals surface area contributed by atoms with E-state index in [-0.39, 0.29) is 5.91 Å². The van der Waals surface area contributed by atoms with Gasteiger partial charge in [-0.3, -0.25) is 9.78 Å². The van der Waals surface area contributed by atoms with Gasteiger partial charge in [0.25, 0.3) is 5.91 Å². The second-order valence-electron chi connectivity index (χ2n) is 5.34. The summed E-state index contributed by atoms with van der Waals surface area (Å²) in [5.74, 6) is 0.669. The number of pyridine rings is 1. The van der Waals surface area contributed by atoms with Crippen molar-refractivity contribution in [2.75, 3.05) is 25.5 Å². The number of anilines is 1. The molecule has 1 amide bonds. The molecule has 3 rings (SSSR count). The van der Waals surface area contributed by atoms with Crippen LogP contribution in [0.3, 0.4) is 0 Å². The molecule has 2 aromatic heterocycles. The topological polar surface area (TPSA) is 77.2 Å². The Kier molecular flexibility index (Phi) is 4.36. The van der Waals surface area contributed by atoms with Crippen molar-refractivity contribution in [3.05, 3.63) is 23.3 Å². The van der Waals surface area contributed by atoms with Crippen LogP contribution >= 0.6 is 11.3 Å². The minimum atomic E-state index is -0.115. The molecule has 0 spiro atoms. The van der Waals surface area contributed by atoms with Crippen LogP contribution in [0, 0.1) is 5.92 Å². The number of rotatable bonds is 7. The number of nitrogens with two attached hydrogens (primary N) is 1. The number of nitrogens with zero attached hydrogens (tertiary/aromatic N) is 1. The Labute approximate surface area is 127 Å². The zero-order valence-electron chi connectivity index (χ0n) is 11.8. The molecule has 5 nitrogen and oxygen atoms in total. The number of amides is 1. The molecule has 2 heterocycles. The molecule has 0 aromatic carbocycles. The van der Waals surface area contributed by atoms with Crippen LogP contribution in [0.4, 0.5) is 5.69 Å². The Morgan fingerprint density at radius 2 is 2.38 bits per heavy atom. The molecule has 1 aliphatic rings. The number of nitrogen functional groups attached to an aromatic ring is 1. The normalized spacial score (nSPS) is 14.5. The summed E-state index contributed by atoms with van der Waals surface area (Å²) in [4.78, 5) is 16.8. The summed E-state index contributed by atoms with van der Waals surface area (Å²) < 4.78 is 6.47. The summed E-state index contributed by atoms with van der Waals surface area (Å²) >= 11 is 1.38. The fourth-order valence-corrected chi connectivity index (χ4v) is 3.14. The summed E-state index contributed by atoms with van der Waals surface area (Å²) in [6.45, 7) is 2.17. The number of hydrogen-bond donors (Lipinski definition) is 2. The molecule has 1 aliphatic carbocycles. The van der Waals surface area contributed by atoms with Crippen LogP contribution in [-0.4, -0.2) is 30.6 Å². The molecular weight excluding hydrogens is 286 g/mol. The van der Waals surface area contributed by atoms with Crippen molar-refractivity contribution in [2.24, 2.45) is 5.92 Å². The summed E-state index contributed by atoms with van der Waals surface area (Å²) in [5, 5.41) is 3.79. The summed E-state index contributed by atoms with van der Waals surface area (Å²) in [7, 11) is 0. The first-order valence-electron chi connectivity index (χ1n) is 7.23. The standard InChI is InChI=1S/C15H19N3O2S/c16-13-11-4-6-17-8-12(11)21-14(13)15(19)18-5-1-7-20-9-10-2-3-10/h4,6,8,10H,1-3,5,7,9,16H2,(H,18,19). The van der Waals surface area contributed by atoms with E-state index in [0.29, 0.717) is 23.7 Å². The first-order chi connectivity index (χ1) is 10.3. The third-order valence-corrected chi connectivity index (χ3v) is 4.69. The Hall–Kier alpha value is -1.66. The van der Waals surface area contributed by atoms with Gasteiger partial charge in [-0.05, 0) is 31.2 Å².